The van der Waals surface area contributed by atoms with Crippen LogP contribution < -0.4 is 16.0 Å². The minimum Gasteiger partial charge on any atom is -0.344 e. The lowest BCUT2D eigenvalue weighted by atomic mass is 9.74. The Morgan fingerprint density at radius 3 is 2.26 bits per heavy atom. The van der Waals surface area contributed by atoms with Crippen LogP contribution in [0, 0.1) is 23.6 Å². The van der Waals surface area contributed by atoms with Crippen molar-refractivity contribution < 1.29 is 23.6 Å². The summed E-state index contributed by atoms with van der Waals surface area (Å²) < 4.78 is 17.3. The van der Waals surface area contributed by atoms with Crippen molar-refractivity contribution in [3.63, 3.8) is 0 Å². The zero-order valence-corrected chi connectivity index (χ0v) is 28.7. The van der Waals surface area contributed by atoms with Crippen LogP contribution in [0.4, 0.5) is 10.1 Å². The molecule has 4 atom stereocenters. The molecular weight excluding hydrogens is 601 g/mol. The van der Waals surface area contributed by atoms with Crippen LogP contribution in [0.25, 0.3) is 0 Å². The van der Waals surface area contributed by atoms with Gasteiger partial charge in [-0.1, -0.05) is 46.6 Å². The molecule has 2 aromatic rings. The maximum Gasteiger partial charge on any atom is 0.270 e. The van der Waals surface area contributed by atoms with Crippen LogP contribution in [0.1, 0.15) is 88.7 Å². The number of halogens is 1. The second-order valence-electron chi connectivity index (χ2n) is 13.4. The van der Waals surface area contributed by atoms with Gasteiger partial charge in [-0.15, -0.1) is 0 Å². The summed E-state index contributed by atoms with van der Waals surface area (Å²) in [6.07, 6.45) is 5.80. The average molecular weight is 654 g/mol. The molecule has 0 radical (unpaired) electrons. The van der Waals surface area contributed by atoms with Gasteiger partial charge in [0, 0.05) is 51.3 Å². The first kappa shape index (κ1) is 36.0. The van der Waals surface area contributed by atoms with Gasteiger partial charge >= 0.3 is 0 Å². The molecule has 3 N–H and O–H groups in total. The van der Waals surface area contributed by atoms with Crippen molar-refractivity contribution in [1.29, 1.82) is 0 Å². The van der Waals surface area contributed by atoms with Gasteiger partial charge < -0.3 is 25.8 Å². The monoisotopic (exact) mass is 653 g/mol. The Morgan fingerprint density at radius 1 is 0.957 bits per heavy atom. The van der Waals surface area contributed by atoms with Crippen LogP contribution in [-0.4, -0.2) is 88.5 Å². The number of amides is 4. The first-order valence-corrected chi connectivity index (χ1v) is 17.1. The lowest BCUT2D eigenvalue weighted by Crippen LogP contribution is -2.55. The highest BCUT2D eigenvalue weighted by Gasteiger charge is 2.36. The summed E-state index contributed by atoms with van der Waals surface area (Å²) in [5.74, 6) is -1.87. The van der Waals surface area contributed by atoms with E-state index in [1.807, 2.05) is 20.9 Å². The number of hydrogen-bond acceptors (Lipinski definition) is 6. The van der Waals surface area contributed by atoms with E-state index in [0.717, 1.165) is 38.8 Å². The fourth-order valence-corrected chi connectivity index (χ4v) is 6.73. The summed E-state index contributed by atoms with van der Waals surface area (Å²) in [7, 11) is 2.00. The van der Waals surface area contributed by atoms with Gasteiger partial charge in [-0.3, -0.25) is 23.9 Å². The third-order valence-corrected chi connectivity index (χ3v) is 10.1. The molecule has 1 saturated heterocycles. The highest BCUT2D eigenvalue weighted by atomic mass is 19.1. The Bertz CT molecular complexity index is 1400. The smallest absolute Gasteiger partial charge is 0.270 e. The molecule has 4 rings (SSSR count). The number of carbonyl (C=O) groups is 4. The van der Waals surface area contributed by atoms with Crippen LogP contribution in [0.2, 0.25) is 0 Å². The largest absolute Gasteiger partial charge is 0.344 e. The highest BCUT2D eigenvalue weighted by Crippen LogP contribution is 2.35. The zero-order chi connectivity index (χ0) is 34.2. The third-order valence-electron chi connectivity index (χ3n) is 10.1. The van der Waals surface area contributed by atoms with Crippen LogP contribution in [0.3, 0.4) is 0 Å². The van der Waals surface area contributed by atoms with E-state index >= 15 is 4.39 Å². The van der Waals surface area contributed by atoms with E-state index < -0.39 is 35.6 Å². The van der Waals surface area contributed by atoms with E-state index in [1.54, 1.807) is 41.8 Å². The molecule has 1 aromatic carbocycles. The minimum atomic E-state index is -0.894. The van der Waals surface area contributed by atoms with Crippen molar-refractivity contribution in [1.82, 2.24) is 30.2 Å². The van der Waals surface area contributed by atoms with Crippen molar-refractivity contribution in [2.24, 2.45) is 17.8 Å². The number of anilines is 1. The Hall–Kier alpha value is -3.80. The summed E-state index contributed by atoms with van der Waals surface area (Å²) in [6.45, 7) is 12.7. The molecular formula is C35H52FN7O4. The lowest BCUT2D eigenvalue weighted by Gasteiger charge is -2.36. The first-order valence-electron chi connectivity index (χ1n) is 17.1. The van der Waals surface area contributed by atoms with E-state index in [4.69, 9.17) is 0 Å². The first-order chi connectivity index (χ1) is 22.4. The number of benzene rings is 1. The number of likely N-dealkylation sites (N-methyl/N-ethyl adjacent to an activating group) is 1. The summed E-state index contributed by atoms with van der Waals surface area (Å²) in [5.41, 5.74) is 0.856. The molecule has 1 aliphatic heterocycles. The molecule has 11 nitrogen and oxygen atoms in total. The van der Waals surface area contributed by atoms with Crippen LogP contribution in [-0.2, 0) is 20.9 Å². The fraction of sp³-hybridized carbons (Fsp3) is 0.629. The van der Waals surface area contributed by atoms with Crippen molar-refractivity contribution in [2.45, 2.75) is 91.3 Å². The molecule has 0 spiro atoms. The summed E-state index contributed by atoms with van der Waals surface area (Å²) in [6, 6.07) is 4.32. The number of nitrogens with zero attached hydrogens (tertiary/aromatic N) is 4. The van der Waals surface area contributed by atoms with Gasteiger partial charge in [-0.2, -0.15) is 5.10 Å². The van der Waals surface area contributed by atoms with E-state index in [9.17, 15) is 19.2 Å². The summed E-state index contributed by atoms with van der Waals surface area (Å²) in [5, 5.41) is 12.7. The van der Waals surface area contributed by atoms with E-state index in [-0.39, 0.29) is 35.8 Å². The molecule has 12 heteroatoms. The molecule has 258 valence electrons. The summed E-state index contributed by atoms with van der Waals surface area (Å²) >= 11 is 0. The van der Waals surface area contributed by atoms with Gasteiger partial charge in [0.05, 0.1) is 5.69 Å². The Labute approximate surface area is 278 Å². The molecule has 2 fully saturated rings. The highest BCUT2D eigenvalue weighted by molar-refractivity contribution is 6.00. The summed E-state index contributed by atoms with van der Waals surface area (Å²) in [4.78, 5) is 57.1. The zero-order valence-electron chi connectivity index (χ0n) is 28.7. The topological polar surface area (TPSA) is 129 Å². The molecule has 0 bridgehead atoms. The second-order valence-corrected chi connectivity index (χ2v) is 13.4. The number of aryl methyl sites for hydroxylation is 1. The van der Waals surface area contributed by atoms with Crippen molar-refractivity contribution in [3.8, 4) is 0 Å². The number of carbonyl (C=O) groups excluding carboxylic acids is 4. The number of hydrogen-bond donors (Lipinski definition) is 3. The Balaban J connectivity index is 1.53. The SMILES string of the molecule is CCC(=O)N[C@@H](C(=O)N1CCN(C)CC1)[C@@H](C)c1ccc(NC(=O)C(NC(=O)c2ccnn2CC)C(C)C2CCC(C)CC2)c(F)c1. The molecule has 2 heterocycles. The average Bonchev–Trinajstić information content (AvgIpc) is 3.56. The maximum atomic E-state index is 15.7. The van der Waals surface area contributed by atoms with Gasteiger partial charge in [-0.25, -0.2) is 4.39 Å². The normalized spacial score (nSPS) is 21.3. The molecule has 2 unspecified atom stereocenters. The van der Waals surface area contributed by atoms with Gasteiger partial charge in [0.2, 0.25) is 17.7 Å². The third kappa shape index (κ3) is 8.97. The van der Waals surface area contributed by atoms with Crippen LogP contribution in [0.5, 0.6) is 0 Å². The van der Waals surface area contributed by atoms with E-state index in [1.165, 1.54) is 12.1 Å². The number of aromatic nitrogens is 2. The van der Waals surface area contributed by atoms with Gasteiger partial charge in [-0.05, 0) is 68.3 Å². The van der Waals surface area contributed by atoms with Crippen molar-refractivity contribution >= 4 is 29.3 Å². The van der Waals surface area contributed by atoms with E-state index in [0.29, 0.717) is 36.8 Å². The van der Waals surface area contributed by atoms with Gasteiger partial charge in [0.15, 0.2) is 0 Å². The fourth-order valence-electron chi connectivity index (χ4n) is 6.73. The van der Waals surface area contributed by atoms with Crippen LogP contribution >= 0.6 is 0 Å². The standard InChI is InChI=1S/C35H52FN7O4/c1-7-30(44)39-32(35(47)42-19-17-41(6)18-20-42)24(5)26-13-14-28(27(36)21-26)38-34(46)31(23(4)25-11-9-22(3)10-12-25)40-33(45)29-15-16-37-43(29)8-2/h13-16,21-25,31-32H,7-12,17-20H2,1-6H3,(H,38,46)(H,39,44)(H,40,45)/t22?,23?,24-,25?,31?,32+/m0/s1. The van der Waals surface area contributed by atoms with Crippen molar-refractivity contribution in [3.05, 3.63) is 47.5 Å². The van der Waals surface area contributed by atoms with Crippen molar-refractivity contribution in [2.75, 3.05) is 38.5 Å². The maximum absolute atomic E-state index is 15.7. The number of nitrogens with one attached hydrogen (secondary N) is 3. The Kier molecular flexibility index (Phi) is 12.5. The predicted molar refractivity (Wildman–Crippen MR) is 179 cm³/mol. The Morgan fingerprint density at radius 2 is 1.64 bits per heavy atom. The quantitative estimate of drug-likeness (QED) is 0.318. The van der Waals surface area contributed by atoms with Gasteiger partial charge in [0.1, 0.15) is 23.6 Å². The number of rotatable bonds is 12. The van der Waals surface area contributed by atoms with E-state index in [2.05, 4.69) is 32.9 Å². The van der Waals surface area contributed by atoms with Gasteiger partial charge in [0.25, 0.3) is 5.91 Å². The lowest BCUT2D eigenvalue weighted by molar-refractivity contribution is -0.138. The molecule has 1 aromatic heterocycles. The van der Waals surface area contributed by atoms with Crippen LogP contribution in [0.15, 0.2) is 30.5 Å². The molecule has 4 amide bonds. The molecule has 1 aliphatic carbocycles. The molecule has 47 heavy (non-hydrogen) atoms. The number of piperazine rings is 1. The molecule has 1 saturated carbocycles. The molecule has 2 aliphatic rings. The second kappa shape index (κ2) is 16.3. The predicted octanol–water partition coefficient (Wildman–Crippen LogP) is 4.01. The minimum absolute atomic E-state index is 0.0206.